The van der Waals surface area contributed by atoms with Crippen molar-refractivity contribution in [3.8, 4) is 0 Å². The number of rotatable bonds is 7. The number of pyridine rings is 1. The summed E-state index contributed by atoms with van der Waals surface area (Å²) >= 11 is 0. The molecule has 3 nitrogen and oxygen atoms in total. The zero-order chi connectivity index (χ0) is 15.3. The monoisotopic (exact) mass is 285 g/mol. The van der Waals surface area contributed by atoms with Crippen molar-refractivity contribution in [2.45, 2.75) is 45.7 Å². The molecule has 1 heterocycles. The van der Waals surface area contributed by atoms with E-state index in [2.05, 4.69) is 54.9 Å². The van der Waals surface area contributed by atoms with Crippen molar-refractivity contribution in [3.05, 3.63) is 42.1 Å². The lowest BCUT2D eigenvalue weighted by molar-refractivity contribution is 0.0977. The van der Waals surface area contributed by atoms with Gasteiger partial charge >= 0.3 is 0 Å². The second-order valence-corrected chi connectivity index (χ2v) is 5.97. The van der Waals surface area contributed by atoms with Crippen LogP contribution in [0.15, 0.2) is 36.5 Å². The average Bonchev–Trinajstić information content (AvgIpc) is 2.54. The Morgan fingerprint density at radius 1 is 1.19 bits per heavy atom. The molecule has 0 saturated heterocycles. The Kier molecular flexibility index (Phi) is 5.32. The van der Waals surface area contributed by atoms with E-state index in [1.165, 1.54) is 10.9 Å². The van der Waals surface area contributed by atoms with Crippen molar-refractivity contribution in [3.63, 3.8) is 0 Å². The van der Waals surface area contributed by atoms with Crippen LogP contribution in [0.2, 0.25) is 0 Å². The molecule has 1 unspecified atom stereocenters. The fourth-order valence-corrected chi connectivity index (χ4v) is 2.81. The van der Waals surface area contributed by atoms with Gasteiger partial charge in [-0.1, -0.05) is 38.1 Å². The summed E-state index contributed by atoms with van der Waals surface area (Å²) in [6, 6.07) is 10.5. The predicted octanol–water partition coefficient (Wildman–Crippen LogP) is 3.57. The molecule has 0 aliphatic carbocycles. The van der Waals surface area contributed by atoms with Crippen LogP contribution >= 0.6 is 0 Å². The Bertz CT molecular complexity index is 570. The van der Waals surface area contributed by atoms with Gasteiger partial charge in [-0.15, -0.1) is 0 Å². The lowest BCUT2D eigenvalue weighted by Gasteiger charge is -2.40. The minimum Gasteiger partial charge on any atom is -0.329 e. The van der Waals surface area contributed by atoms with Crippen LogP contribution in [0.4, 0.5) is 0 Å². The zero-order valence-electron chi connectivity index (χ0n) is 13.5. The maximum Gasteiger partial charge on any atom is 0.0746 e. The van der Waals surface area contributed by atoms with Crippen LogP contribution in [0.5, 0.6) is 0 Å². The lowest BCUT2D eigenvalue weighted by atomic mass is 9.95. The summed E-state index contributed by atoms with van der Waals surface area (Å²) in [7, 11) is 0. The smallest absolute Gasteiger partial charge is 0.0746 e. The molecule has 114 valence electrons. The summed E-state index contributed by atoms with van der Waals surface area (Å²) in [5.74, 6) is 0. The summed E-state index contributed by atoms with van der Waals surface area (Å²) in [5.41, 5.74) is 8.50. The van der Waals surface area contributed by atoms with Crippen LogP contribution in [0.3, 0.4) is 0 Å². The third-order valence-corrected chi connectivity index (χ3v) is 4.54. The summed E-state index contributed by atoms with van der Waals surface area (Å²) in [6.45, 7) is 9.36. The van der Waals surface area contributed by atoms with Gasteiger partial charge in [0.1, 0.15) is 0 Å². The normalized spacial score (nSPS) is 14.5. The van der Waals surface area contributed by atoms with Gasteiger partial charge in [-0.2, -0.15) is 0 Å². The number of fused-ring (bicyclic) bond motifs is 1. The number of nitrogens with zero attached hydrogens (tertiary/aromatic N) is 2. The SMILES string of the molecule is CCCN(Cc1cccc2cccnc12)C(C)(CC)CN. The van der Waals surface area contributed by atoms with E-state index in [9.17, 15) is 0 Å². The standard InChI is InChI=1S/C18H27N3/c1-4-12-21(18(3,5-2)14-19)13-16-9-6-8-15-10-7-11-20-17(15)16/h6-11H,4-5,12-14,19H2,1-3H3. The molecule has 1 aromatic heterocycles. The summed E-state index contributed by atoms with van der Waals surface area (Å²) in [6.07, 6.45) is 4.06. The van der Waals surface area contributed by atoms with E-state index in [0.717, 1.165) is 31.4 Å². The first-order valence-electron chi connectivity index (χ1n) is 7.92. The summed E-state index contributed by atoms with van der Waals surface area (Å²) in [5, 5.41) is 1.21. The molecule has 0 fully saturated rings. The minimum atomic E-state index is 0.0486. The Morgan fingerprint density at radius 3 is 2.62 bits per heavy atom. The van der Waals surface area contributed by atoms with Gasteiger partial charge in [0.15, 0.2) is 0 Å². The highest BCUT2D eigenvalue weighted by atomic mass is 15.2. The van der Waals surface area contributed by atoms with Crippen LogP contribution < -0.4 is 5.73 Å². The molecule has 0 aliphatic rings. The first-order valence-corrected chi connectivity index (χ1v) is 7.92. The van der Waals surface area contributed by atoms with Crippen LogP contribution in [0, 0.1) is 0 Å². The Hall–Kier alpha value is -1.45. The second-order valence-electron chi connectivity index (χ2n) is 5.97. The summed E-state index contributed by atoms with van der Waals surface area (Å²) < 4.78 is 0. The molecule has 0 saturated carbocycles. The quantitative estimate of drug-likeness (QED) is 0.845. The van der Waals surface area contributed by atoms with E-state index in [4.69, 9.17) is 5.73 Å². The van der Waals surface area contributed by atoms with Gasteiger partial charge in [0.25, 0.3) is 0 Å². The van der Waals surface area contributed by atoms with Gasteiger partial charge in [0.05, 0.1) is 5.52 Å². The molecule has 0 amide bonds. The predicted molar refractivity (Wildman–Crippen MR) is 90.2 cm³/mol. The third kappa shape index (κ3) is 3.42. The molecule has 2 N–H and O–H groups in total. The van der Waals surface area contributed by atoms with Crippen molar-refractivity contribution < 1.29 is 0 Å². The van der Waals surface area contributed by atoms with Crippen molar-refractivity contribution in [2.24, 2.45) is 5.73 Å². The van der Waals surface area contributed by atoms with Crippen molar-refractivity contribution in [1.29, 1.82) is 0 Å². The topological polar surface area (TPSA) is 42.2 Å². The van der Waals surface area contributed by atoms with Gasteiger partial charge in [-0.05, 0) is 37.9 Å². The molecule has 0 radical (unpaired) electrons. The average molecular weight is 285 g/mol. The van der Waals surface area contributed by atoms with Crippen LogP contribution in [0.1, 0.15) is 39.2 Å². The van der Waals surface area contributed by atoms with Crippen LogP contribution in [0.25, 0.3) is 10.9 Å². The Morgan fingerprint density at radius 2 is 1.95 bits per heavy atom. The van der Waals surface area contributed by atoms with Gasteiger partial charge in [-0.25, -0.2) is 0 Å². The third-order valence-electron chi connectivity index (χ3n) is 4.54. The molecule has 0 spiro atoms. The molecule has 2 rings (SSSR count). The maximum atomic E-state index is 6.06. The van der Waals surface area contributed by atoms with E-state index in [1.54, 1.807) is 0 Å². The first kappa shape index (κ1) is 15.9. The number of nitrogens with two attached hydrogens (primary N) is 1. The Balaban J connectivity index is 2.35. The fraction of sp³-hybridized carbons (Fsp3) is 0.500. The first-order chi connectivity index (χ1) is 10.1. The van der Waals surface area contributed by atoms with E-state index >= 15 is 0 Å². The molecule has 3 heteroatoms. The lowest BCUT2D eigenvalue weighted by Crippen LogP contribution is -2.51. The zero-order valence-corrected chi connectivity index (χ0v) is 13.5. The van der Waals surface area contributed by atoms with Crippen LogP contribution in [-0.4, -0.2) is 28.5 Å². The van der Waals surface area contributed by atoms with Gasteiger partial charge in [-0.3, -0.25) is 9.88 Å². The van der Waals surface area contributed by atoms with E-state index in [0.29, 0.717) is 6.54 Å². The molecule has 0 aliphatic heterocycles. The van der Waals surface area contributed by atoms with E-state index < -0.39 is 0 Å². The van der Waals surface area contributed by atoms with Gasteiger partial charge in [0, 0.05) is 30.2 Å². The number of hydrogen-bond acceptors (Lipinski definition) is 3. The molecule has 2 aromatic rings. The molecule has 21 heavy (non-hydrogen) atoms. The number of hydrogen-bond donors (Lipinski definition) is 1. The summed E-state index contributed by atoms with van der Waals surface area (Å²) in [4.78, 5) is 7.08. The van der Waals surface area contributed by atoms with E-state index in [1.807, 2.05) is 12.3 Å². The minimum absolute atomic E-state index is 0.0486. The largest absolute Gasteiger partial charge is 0.329 e. The number of para-hydroxylation sites is 1. The Labute approximate surface area is 128 Å². The second kappa shape index (κ2) is 7.01. The maximum absolute atomic E-state index is 6.06. The molecule has 0 bridgehead atoms. The highest BCUT2D eigenvalue weighted by molar-refractivity contribution is 5.81. The molecular weight excluding hydrogens is 258 g/mol. The van der Waals surface area contributed by atoms with Crippen molar-refractivity contribution in [1.82, 2.24) is 9.88 Å². The molecular formula is C18H27N3. The number of aromatic nitrogens is 1. The highest BCUT2D eigenvalue weighted by Gasteiger charge is 2.28. The van der Waals surface area contributed by atoms with Gasteiger partial charge in [0.2, 0.25) is 0 Å². The van der Waals surface area contributed by atoms with Gasteiger partial charge < -0.3 is 5.73 Å². The number of benzene rings is 1. The van der Waals surface area contributed by atoms with E-state index in [-0.39, 0.29) is 5.54 Å². The van der Waals surface area contributed by atoms with Crippen molar-refractivity contribution >= 4 is 10.9 Å². The van der Waals surface area contributed by atoms with Crippen LogP contribution in [-0.2, 0) is 6.54 Å². The van der Waals surface area contributed by atoms with Crippen molar-refractivity contribution in [2.75, 3.05) is 13.1 Å². The molecule has 1 aromatic carbocycles. The highest BCUT2D eigenvalue weighted by Crippen LogP contribution is 2.24. The molecule has 1 atom stereocenters. The fourth-order valence-electron chi connectivity index (χ4n) is 2.81.